The fraction of sp³-hybridized carbons (Fsp3) is 0.577. The monoisotopic (exact) mass is 396 g/mol. The molecule has 1 aromatic carbocycles. The van der Waals surface area contributed by atoms with Crippen molar-refractivity contribution in [1.29, 1.82) is 0 Å². The molecule has 0 bridgehead atoms. The molecular weight excluding hydrogens is 360 g/mol. The highest BCUT2D eigenvalue weighted by Crippen LogP contribution is 2.40. The van der Waals surface area contributed by atoms with Crippen LogP contribution < -0.4 is 0 Å². The first-order chi connectivity index (χ1) is 14.2. The molecule has 3 rings (SSSR count). The van der Waals surface area contributed by atoms with Crippen LogP contribution in [0, 0.1) is 17.8 Å². The quantitative estimate of drug-likeness (QED) is 0.272. The molecule has 2 saturated carbocycles. The minimum Gasteiger partial charge on any atom is -0.459 e. The average Bonchev–Trinajstić information content (AvgIpc) is 2.78. The second-order valence-electron chi connectivity index (χ2n) is 8.68. The lowest BCUT2D eigenvalue weighted by molar-refractivity contribution is 0.0113. The topological polar surface area (TPSA) is 35.5 Å². The van der Waals surface area contributed by atoms with Crippen LogP contribution in [0.3, 0.4) is 0 Å². The second-order valence-corrected chi connectivity index (χ2v) is 8.68. The number of ether oxygens (including phenoxy) is 2. The highest BCUT2D eigenvalue weighted by molar-refractivity contribution is 5.89. The van der Waals surface area contributed by atoms with Crippen LogP contribution in [0.2, 0.25) is 0 Å². The summed E-state index contributed by atoms with van der Waals surface area (Å²) in [7, 11) is 0. The van der Waals surface area contributed by atoms with Crippen LogP contribution in [0.1, 0.15) is 73.7 Å². The van der Waals surface area contributed by atoms with Crippen molar-refractivity contribution in [2.75, 3.05) is 6.61 Å². The summed E-state index contributed by atoms with van der Waals surface area (Å²) in [5, 5.41) is 0. The van der Waals surface area contributed by atoms with E-state index in [0.717, 1.165) is 42.6 Å². The van der Waals surface area contributed by atoms with E-state index in [4.69, 9.17) is 9.47 Å². The number of hydrogen-bond donors (Lipinski definition) is 0. The molecule has 0 N–H and O–H groups in total. The molecule has 0 spiro atoms. The summed E-state index contributed by atoms with van der Waals surface area (Å²) >= 11 is 0. The van der Waals surface area contributed by atoms with Gasteiger partial charge < -0.3 is 9.47 Å². The lowest BCUT2D eigenvalue weighted by atomic mass is 9.70. The van der Waals surface area contributed by atoms with Crippen molar-refractivity contribution in [3.8, 4) is 0 Å². The van der Waals surface area contributed by atoms with Gasteiger partial charge in [-0.25, -0.2) is 4.79 Å². The van der Waals surface area contributed by atoms with E-state index in [1.54, 1.807) is 0 Å². The fourth-order valence-electron chi connectivity index (χ4n) is 4.84. The van der Waals surface area contributed by atoms with Crippen LogP contribution in [0.5, 0.6) is 0 Å². The molecule has 2 aliphatic rings. The standard InChI is InChI=1S/C26H36O3/c1-3-5-18-28-19-21-8-12-24(13-9-21)26(27)29-25-16-14-23(15-17-25)22-10-6-20(4-2)7-11-22/h3-4,8-9,12-13,20,22-23,25H,1-2,5-7,10-11,14-19H2. The van der Waals surface area contributed by atoms with E-state index in [2.05, 4.69) is 19.2 Å². The Morgan fingerprint density at radius 2 is 1.55 bits per heavy atom. The maximum atomic E-state index is 12.5. The van der Waals surface area contributed by atoms with Crippen molar-refractivity contribution in [3.05, 3.63) is 60.7 Å². The zero-order valence-corrected chi connectivity index (χ0v) is 17.7. The summed E-state index contributed by atoms with van der Waals surface area (Å²) in [6.45, 7) is 8.86. The Bertz CT molecular complexity index is 647. The van der Waals surface area contributed by atoms with Gasteiger partial charge in [-0.2, -0.15) is 0 Å². The van der Waals surface area contributed by atoms with Crippen LogP contribution in [0.4, 0.5) is 0 Å². The number of allylic oxidation sites excluding steroid dienone is 1. The van der Waals surface area contributed by atoms with Crippen molar-refractivity contribution < 1.29 is 14.3 Å². The first-order valence-corrected chi connectivity index (χ1v) is 11.3. The predicted octanol–water partition coefficient (Wildman–Crippen LogP) is 6.49. The molecule has 0 unspecified atom stereocenters. The second kappa shape index (κ2) is 11.3. The Hall–Kier alpha value is -1.87. The molecule has 0 aromatic heterocycles. The number of esters is 1. The smallest absolute Gasteiger partial charge is 0.338 e. The highest BCUT2D eigenvalue weighted by atomic mass is 16.5. The van der Waals surface area contributed by atoms with E-state index >= 15 is 0 Å². The Kier molecular flexibility index (Phi) is 8.54. The van der Waals surface area contributed by atoms with Crippen molar-refractivity contribution in [2.45, 2.75) is 70.5 Å². The van der Waals surface area contributed by atoms with E-state index in [1.165, 1.54) is 38.5 Å². The van der Waals surface area contributed by atoms with Gasteiger partial charge in [0, 0.05) is 0 Å². The third kappa shape index (κ3) is 6.57. The van der Waals surface area contributed by atoms with E-state index in [1.807, 2.05) is 30.3 Å². The van der Waals surface area contributed by atoms with Gasteiger partial charge in [0.05, 0.1) is 18.8 Å². The minimum absolute atomic E-state index is 0.0742. The van der Waals surface area contributed by atoms with Gasteiger partial charge in [0.15, 0.2) is 0 Å². The molecular formula is C26H36O3. The number of benzene rings is 1. The molecule has 1 aromatic rings. The predicted molar refractivity (Wildman–Crippen MR) is 118 cm³/mol. The van der Waals surface area contributed by atoms with Crippen LogP contribution in [-0.2, 0) is 16.1 Å². The van der Waals surface area contributed by atoms with E-state index in [9.17, 15) is 4.79 Å². The van der Waals surface area contributed by atoms with Crippen molar-refractivity contribution >= 4 is 5.97 Å². The van der Waals surface area contributed by atoms with Crippen LogP contribution in [0.25, 0.3) is 0 Å². The number of hydrogen-bond acceptors (Lipinski definition) is 3. The zero-order chi connectivity index (χ0) is 20.5. The van der Waals surface area contributed by atoms with Gasteiger partial charge in [-0.05, 0) is 93.2 Å². The Morgan fingerprint density at radius 1 is 0.931 bits per heavy atom. The molecule has 0 amide bonds. The Balaban J connectivity index is 1.39. The lowest BCUT2D eigenvalue weighted by Gasteiger charge is -2.37. The van der Waals surface area contributed by atoms with Gasteiger partial charge in [0.25, 0.3) is 0 Å². The van der Waals surface area contributed by atoms with Gasteiger partial charge in [-0.15, -0.1) is 13.2 Å². The van der Waals surface area contributed by atoms with Gasteiger partial charge in [0.2, 0.25) is 0 Å². The van der Waals surface area contributed by atoms with Gasteiger partial charge in [0.1, 0.15) is 6.10 Å². The van der Waals surface area contributed by atoms with Crippen molar-refractivity contribution in [3.63, 3.8) is 0 Å². The first-order valence-electron chi connectivity index (χ1n) is 11.3. The van der Waals surface area contributed by atoms with Crippen molar-refractivity contribution in [2.24, 2.45) is 17.8 Å². The molecule has 0 heterocycles. The van der Waals surface area contributed by atoms with E-state index in [-0.39, 0.29) is 12.1 Å². The number of carbonyl (C=O) groups excluding carboxylic acids is 1. The van der Waals surface area contributed by atoms with Gasteiger partial charge in [-0.1, -0.05) is 24.3 Å². The molecule has 3 nitrogen and oxygen atoms in total. The van der Waals surface area contributed by atoms with Crippen LogP contribution >= 0.6 is 0 Å². The normalized spacial score (nSPS) is 27.2. The minimum atomic E-state index is -0.195. The highest BCUT2D eigenvalue weighted by Gasteiger charge is 2.31. The summed E-state index contributed by atoms with van der Waals surface area (Å²) in [5.41, 5.74) is 1.70. The maximum Gasteiger partial charge on any atom is 0.338 e. The molecule has 158 valence electrons. The summed E-state index contributed by atoms with van der Waals surface area (Å²) in [6, 6.07) is 7.58. The first kappa shape index (κ1) is 21.8. The molecule has 3 heteroatoms. The molecule has 0 radical (unpaired) electrons. The van der Waals surface area contributed by atoms with Crippen LogP contribution in [0.15, 0.2) is 49.6 Å². The maximum absolute atomic E-state index is 12.5. The van der Waals surface area contributed by atoms with Crippen molar-refractivity contribution in [1.82, 2.24) is 0 Å². The molecule has 0 atom stereocenters. The molecule has 0 saturated heterocycles. The van der Waals surface area contributed by atoms with E-state index < -0.39 is 0 Å². The fourth-order valence-corrected chi connectivity index (χ4v) is 4.84. The zero-order valence-electron chi connectivity index (χ0n) is 17.7. The summed E-state index contributed by atoms with van der Waals surface area (Å²) in [6.07, 6.45) is 14.6. The Labute approximate surface area is 176 Å². The third-order valence-electron chi connectivity index (χ3n) is 6.73. The lowest BCUT2D eigenvalue weighted by Crippen LogP contribution is -2.29. The van der Waals surface area contributed by atoms with E-state index in [0.29, 0.717) is 18.8 Å². The summed E-state index contributed by atoms with van der Waals surface area (Å²) in [5.74, 6) is 2.22. The SMILES string of the molecule is C=CCCOCc1ccc(C(=O)OC2CCC(C3CCC(C=C)CC3)CC2)cc1. The number of carbonyl (C=O) groups is 1. The van der Waals surface area contributed by atoms with Crippen LogP contribution in [-0.4, -0.2) is 18.7 Å². The summed E-state index contributed by atoms with van der Waals surface area (Å²) < 4.78 is 11.4. The average molecular weight is 397 g/mol. The number of rotatable bonds is 9. The third-order valence-corrected chi connectivity index (χ3v) is 6.73. The summed E-state index contributed by atoms with van der Waals surface area (Å²) in [4.78, 5) is 12.5. The molecule has 2 aliphatic carbocycles. The largest absolute Gasteiger partial charge is 0.459 e. The molecule has 2 fully saturated rings. The molecule has 29 heavy (non-hydrogen) atoms. The van der Waals surface area contributed by atoms with Gasteiger partial charge in [-0.3, -0.25) is 0 Å². The van der Waals surface area contributed by atoms with Gasteiger partial charge >= 0.3 is 5.97 Å². The molecule has 0 aliphatic heterocycles. The Morgan fingerprint density at radius 3 is 2.14 bits per heavy atom.